The lowest BCUT2D eigenvalue weighted by molar-refractivity contribution is -0.386. The van der Waals surface area contributed by atoms with Crippen molar-refractivity contribution in [3.63, 3.8) is 0 Å². The lowest BCUT2D eigenvalue weighted by Gasteiger charge is -2.06. The van der Waals surface area contributed by atoms with E-state index in [9.17, 15) is 19.3 Å². The molecule has 0 unspecified atom stereocenters. The van der Waals surface area contributed by atoms with Gasteiger partial charge in [-0.3, -0.25) is 10.1 Å². The van der Waals surface area contributed by atoms with E-state index >= 15 is 0 Å². The van der Waals surface area contributed by atoms with Crippen LogP contribution < -0.4 is 4.74 Å². The van der Waals surface area contributed by atoms with Gasteiger partial charge in [-0.05, 0) is 6.92 Å². The fourth-order valence-electron chi connectivity index (χ4n) is 1.20. The third-order valence-corrected chi connectivity index (χ3v) is 2.05. The minimum Gasteiger partial charge on any atom is -0.483 e. The van der Waals surface area contributed by atoms with Crippen LogP contribution in [-0.4, -0.2) is 22.6 Å². The number of nitro benzene ring substituents is 1. The molecule has 1 rings (SSSR count). The standard InChI is InChI=1S/C11H10FNO5/c1-2-3-4-18-10-5-7(11(14)15)8(12)6-9(10)13(16)17/h2-3,5-6H,4H2,1H3,(H,14,15)/b3-2+. The summed E-state index contributed by atoms with van der Waals surface area (Å²) in [5.41, 5.74) is -1.28. The molecule has 0 spiro atoms. The van der Waals surface area contributed by atoms with Gasteiger partial charge < -0.3 is 9.84 Å². The van der Waals surface area contributed by atoms with Crippen LogP contribution in [0.4, 0.5) is 10.1 Å². The first-order valence-corrected chi connectivity index (χ1v) is 4.92. The highest BCUT2D eigenvalue weighted by Gasteiger charge is 2.22. The van der Waals surface area contributed by atoms with Gasteiger partial charge >= 0.3 is 11.7 Å². The zero-order chi connectivity index (χ0) is 13.7. The molecule has 18 heavy (non-hydrogen) atoms. The van der Waals surface area contributed by atoms with Gasteiger partial charge in [0.05, 0.1) is 16.6 Å². The molecule has 0 bridgehead atoms. The Balaban J connectivity index is 3.21. The van der Waals surface area contributed by atoms with Gasteiger partial charge in [-0.1, -0.05) is 12.2 Å². The molecule has 0 saturated carbocycles. The van der Waals surface area contributed by atoms with E-state index in [0.29, 0.717) is 6.07 Å². The van der Waals surface area contributed by atoms with Gasteiger partial charge in [0.2, 0.25) is 0 Å². The first-order valence-electron chi connectivity index (χ1n) is 4.92. The largest absolute Gasteiger partial charge is 0.483 e. The summed E-state index contributed by atoms with van der Waals surface area (Å²) in [6, 6.07) is 1.34. The van der Waals surface area contributed by atoms with Crippen molar-refractivity contribution in [1.29, 1.82) is 0 Å². The number of carbonyl (C=O) groups is 1. The Labute approximate surface area is 101 Å². The van der Waals surface area contributed by atoms with Crippen molar-refractivity contribution < 1.29 is 24.0 Å². The number of aromatic carboxylic acids is 1. The van der Waals surface area contributed by atoms with Gasteiger partial charge in [-0.25, -0.2) is 9.18 Å². The second kappa shape index (κ2) is 5.76. The molecule has 0 amide bonds. The smallest absolute Gasteiger partial charge is 0.338 e. The van der Waals surface area contributed by atoms with Crippen LogP contribution in [0.5, 0.6) is 5.75 Å². The lowest BCUT2D eigenvalue weighted by atomic mass is 10.2. The van der Waals surface area contributed by atoms with Gasteiger partial charge in [0.25, 0.3) is 0 Å². The summed E-state index contributed by atoms with van der Waals surface area (Å²) in [7, 11) is 0. The highest BCUT2D eigenvalue weighted by molar-refractivity contribution is 5.89. The summed E-state index contributed by atoms with van der Waals surface area (Å²) in [6.07, 6.45) is 3.24. The maximum Gasteiger partial charge on any atom is 0.338 e. The minimum absolute atomic E-state index is 0.0298. The average molecular weight is 255 g/mol. The monoisotopic (exact) mass is 255 g/mol. The van der Waals surface area contributed by atoms with Crippen molar-refractivity contribution in [2.45, 2.75) is 6.92 Å². The molecule has 0 aliphatic carbocycles. The molecule has 0 fully saturated rings. The van der Waals surface area contributed by atoms with E-state index < -0.39 is 28.0 Å². The van der Waals surface area contributed by atoms with E-state index in [-0.39, 0.29) is 12.4 Å². The number of rotatable bonds is 5. The number of carboxylic acids is 1. The van der Waals surface area contributed by atoms with Gasteiger partial charge in [0.15, 0.2) is 5.75 Å². The lowest BCUT2D eigenvalue weighted by Crippen LogP contribution is -2.05. The Morgan fingerprint density at radius 3 is 2.78 bits per heavy atom. The number of allylic oxidation sites excluding steroid dienone is 1. The zero-order valence-electron chi connectivity index (χ0n) is 9.42. The molecule has 0 radical (unpaired) electrons. The Kier molecular flexibility index (Phi) is 4.36. The SMILES string of the molecule is C/C=C/COc1cc(C(=O)O)c(F)cc1[N+](=O)[O-]. The number of ether oxygens (including phenoxy) is 1. The molecule has 7 heteroatoms. The summed E-state index contributed by atoms with van der Waals surface area (Å²) in [5, 5.41) is 19.4. The summed E-state index contributed by atoms with van der Waals surface area (Å²) >= 11 is 0. The first-order chi connectivity index (χ1) is 8.47. The van der Waals surface area contributed by atoms with Gasteiger partial charge in [-0.2, -0.15) is 0 Å². The van der Waals surface area contributed by atoms with Crippen LogP contribution in [0.2, 0.25) is 0 Å². The van der Waals surface area contributed by atoms with E-state index in [1.807, 2.05) is 0 Å². The predicted molar refractivity (Wildman–Crippen MR) is 60.3 cm³/mol. The zero-order valence-corrected chi connectivity index (χ0v) is 9.42. The van der Waals surface area contributed by atoms with Crippen LogP contribution in [-0.2, 0) is 0 Å². The first kappa shape index (κ1) is 13.6. The van der Waals surface area contributed by atoms with Gasteiger partial charge in [0, 0.05) is 6.07 Å². The van der Waals surface area contributed by atoms with E-state index in [1.165, 1.54) is 0 Å². The quantitative estimate of drug-likeness (QED) is 0.495. The number of carboxylic acid groups (broad SMARTS) is 1. The Bertz CT molecular complexity index is 512. The maximum absolute atomic E-state index is 13.3. The fourth-order valence-corrected chi connectivity index (χ4v) is 1.20. The summed E-state index contributed by atoms with van der Waals surface area (Å²) in [4.78, 5) is 20.6. The molecule has 0 atom stereocenters. The molecule has 0 aromatic heterocycles. The van der Waals surface area contributed by atoms with Gasteiger partial charge in [0.1, 0.15) is 12.4 Å². The van der Waals surface area contributed by atoms with Crippen molar-refractivity contribution in [3.05, 3.63) is 45.8 Å². The molecule has 1 aromatic carbocycles. The maximum atomic E-state index is 13.3. The van der Waals surface area contributed by atoms with Crippen LogP contribution in [0.15, 0.2) is 24.3 Å². The highest BCUT2D eigenvalue weighted by Crippen LogP contribution is 2.30. The normalized spacial score (nSPS) is 10.6. The second-order valence-electron chi connectivity index (χ2n) is 3.24. The average Bonchev–Trinajstić information content (AvgIpc) is 2.30. The van der Waals surface area contributed by atoms with Crippen LogP contribution in [0.3, 0.4) is 0 Å². The van der Waals surface area contributed by atoms with E-state index in [0.717, 1.165) is 6.07 Å². The van der Waals surface area contributed by atoms with Crippen molar-refractivity contribution in [2.75, 3.05) is 6.61 Å². The Morgan fingerprint density at radius 1 is 1.61 bits per heavy atom. The van der Waals surface area contributed by atoms with Crippen LogP contribution >= 0.6 is 0 Å². The van der Waals surface area contributed by atoms with E-state index in [4.69, 9.17) is 9.84 Å². The molecule has 1 N–H and O–H groups in total. The van der Waals surface area contributed by atoms with Gasteiger partial charge in [-0.15, -0.1) is 0 Å². The summed E-state index contributed by atoms with van der Waals surface area (Å²) < 4.78 is 18.3. The summed E-state index contributed by atoms with van der Waals surface area (Å²) in [6.45, 7) is 1.76. The van der Waals surface area contributed by atoms with Crippen LogP contribution in [0, 0.1) is 15.9 Å². The number of benzene rings is 1. The number of halogens is 1. The number of nitrogens with zero attached hydrogens (tertiary/aromatic N) is 1. The number of nitro groups is 1. The number of hydrogen-bond donors (Lipinski definition) is 1. The Morgan fingerprint density at radius 2 is 2.28 bits per heavy atom. The number of hydrogen-bond acceptors (Lipinski definition) is 4. The van der Waals surface area contributed by atoms with Crippen molar-refractivity contribution >= 4 is 11.7 Å². The molecule has 1 aromatic rings. The Hall–Kier alpha value is -2.44. The molecular weight excluding hydrogens is 245 g/mol. The minimum atomic E-state index is -1.52. The highest BCUT2D eigenvalue weighted by atomic mass is 19.1. The van der Waals surface area contributed by atoms with E-state index in [2.05, 4.69) is 0 Å². The van der Waals surface area contributed by atoms with Crippen molar-refractivity contribution in [2.24, 2.45) is 0 Å². The van der Waals surface area contributed by atoms with Crippen LogP contribution in [0.1, 0.15) is 17.3 Å². The topological polar surface area (TPSA) is 89.7 Å². The molecular formula is C11H10FNO5. The van der Waals surface area contributed by atoms with E-state index in [1.54, 1.807) is 19.1 Å². The molecule has 6 nitrogen and oxygen atoms in total. The third-order valence-electron chi connectivity index (χ3n) is 2.05. The molecule has 96 valence electrons. The molecule has 0 aliphatic rings. The fraction of sp³-hybridized carbons (Fsp3) is 0.182. The molecule has 0 heterocycles. The third kappa shape index (κ3) is 3.03. The molecule has 0 saturated heterocycles. The van der Waals surface area contributed by atoms with Crippen molar-refractivity contribution in [1.82, 2.24) is 0 Å². The molecule has 0 aliphatic heterocycles. The summed E-state index contributed by atoms with van der Waals surface area (Å²) in [5.74, 6) is -2.97. The second-order valence-corrected chi connectivity index (χ2v) is 3.24. The predicted octanol–water partition coefficient (Wildman–Crippen LogP) is 2.39. The van der Waals surface area contributed by atoms with Crippen LogP contribution in [0.25, 0.3) is 0 Å². The van der Waals surface area contributed by atoms with Crippen molar-refractivity contribution in [3.8, 4) is 5.75 Å².